The van der Waals surface area contributed by atoms with Crippen molar-refractivity contribution >= 4 is 0 Å². The number of nitrogens with one attached hydrogen (secondary N) is 1. The first-order valence-electron chi connectivity index (χ1n) is 6.35. The Balaban J connectivity index is 1.82. The molecule has 0 fully saturated rings. The maximum absolute atomic E-state index is 13.0. The van der Waals surface area contributed by atoms with Crippen molar-refractivity contribution in [3.63, 3.8) is 0 Å². The molecular weight excluding hydrogens is 244 g/mol. The summed E-state index contributed by atoms with van der Waals surface area (Å²) in [5, 5.41) is 3.29. The van der Waals surface area contributed by atoms with Gasteiger partial charge in [-0.25, -0.2) is 8.78 Å². The standard InChI is InChI=1S/C16H17F2N/c1-12-4-2-3-5-14(12)11-19-7-6-13-8-15(17)10-16(18)9-13/h2-5,8-10,19H,6-7,11H2,1H3. The molecule has 3 heteroatoms. The third-order valence-electron chi connectivity index (χ3n) is 3.09. The van der Waals surface area contributed by atoms with Crippen LogP contribution in [-0.2, 0) is 13.0 Å². The minimum atomic E-state index is -0.520. The summed E-state index contributed by atoms with van der Waals surface area (Å²) in [6.45, 7) is 3.53. The molecule has 0 radical (unpaired) electrons. The van der Waals surface area contributed by atoms with Crippen molar-refractivity contribution in [2.45, 2.75) is 19.9 Å². The van der Waals surface area contributed by atoms with Gasteiger partial charge in [0.15, 0.2) is 0 Å². The predicted molar refractivity (Wildman–Crippen MR) is 72.9 cm³/mol. The molecule has 100 valence electrons. The topological polar surface area (TPSA) is 12.0 Å². The molecule has 0 bridgehead atoms. The van der Waals surface area contributed by atoms with Crippen molar-refractivity contribution < 1.29 is 8.78 Å². The van der Waals surface area contributed by atoms with Gasteiger partial charge in [-0.15, -0.1) is 0 Å². The van der Waals surface area contributed by atoms with Crippen LogP contribution in [0.1, 0.15) is 16.7 Å². The van der Waals surface area contributed by atoms with Gasteiger partial charge in [-0.3, -0.25) is 0 Å². The summed E-state index contributed by atoms with van der Waals surface area (Å²) >= 11 is 0. The van der Waals surface area contributed by atoms with Gasteiger partial charge >= 0.3 is 0 Å². The Hall–Kier alpha value is -1.74. The number of benzene rings is 2. The van der Waals surface area contributed by atoms with E-state index in [1.807, 2.05) is 12.1 Å². The van der Waals surface area contributed by atoms with Crippen molar-refractivity contribution in [1.82, 2.24) is 5.32 Å². The van der Waals surface area contributed by atoms with E-state index in [0.717, 1.165) is 12.6 Å². The van der Waals surface area contributed by atoms with Crippen LogP contribution < -0.4 is 5.32 Å². The third kappa shape index (κ3) is 4.14. The lowest BCUT2D eigenvalue weighted by Crippen LogP contribution is -2.17. The fraction of sp³-hybridized carbons (Fsp3) is 0.250. The molecule has 2 aromatic carbocycles. The Kier molecular flexibility index (Phi) is 4.63. The van der Waals surface area contributed by atoms with Crippen molar-refractivity contribution in [3.8, 4) is 0 Å². The molecule has 0 amide bonds. The molecule has 0 spiro atoms. The zero-order valence-electron chi connectivity index (χ0n) is 10.9. The largest absolute Gasteiger partial charge is 0.312 e. The van der Waals surface area contributed by atoms with Gasteiger partial charge in [0.2, 0.25) is 0 Å². The molecule has 0 atom stereocenters. The van der Waals surface area contributed by atoms with Gasteiger partial charge in [-0.2, -0.15) is 0 Å². The van der Waals surface area contributed by atoms with Crippen molar-refractivity contribution in [2.24, 2.45) is 0 Å². The Labute approximate surface area is 112 Å². The first-order valence-corrected chi connectivity index (χ1v) is 6.35. The molecule has 0 aliphatic carbocycles. The second-order valence-electron chi connectivity index (χ2n) is 4.63. The maximum Gasteiger partial charge on any atom is 0.126 e. The van der Waals surface area contributed by atoms with Crippen molar-refractivity contribution in [3.05, 3.63) is 70.8 Å². The van der Waals surface area contributed by atoms with Gasteiger partial charge in [0, 0.05) is 12.6 Å². The fourth-order valence-electron chi connectivity index (χ4n) is 2.02. The van der Waals surface area contributed by atoms with Crippen LogP contribution in [0.15, 0.2) is 42.5 Å². The van der Waals surface area contributed by atoms with E-state index in [1.54, 1.807) is 0 Å². The predicted octanol–water partition coefficient (Wildman–Crippen LogP) is 3.61. The van der Waals surface area contributed by atoms with E-state index in [9.17, 15) is 8.78 Å². The average Bonchev–Trinajstić information content (AvgIpc) is 2.35. The first-order chi connectivity index (χ1) is 9.15. The molecule has 2 rings (SSSR count). The minimum absolute atomic E-state index is 0.520. The molecule has 0 saturated heterocycles. The Morgan fingerprint density at radius 3 is 2.37 bits per heavy atom. The molecule has 2 aromatic rings. The third-order valence-corrected chi connectivity index (χ3v) is 3.09. The Morgan fingerprint density at radius 1 is 1.00 bits per heavy atom. The molecule has 0 unspecified atom stereocenters. The number of halogens is 2. The van der Waals surface area contributed by atoms with Gasteiger partial charge in [0.1, 0.15) is 11.6 Å². The van der Waals surface area contributed by atoms with E-state index in [1.165, 1.54) is 23.3 Å². The van der Waals surface area contributed by atoms with Crippen LogP contribution in [0.5, 0.6) is 0 Å². The summed E-state index contributed by atoms with van der Waals surface area (Å²) in [7, 11) is 0. The van der Waals surface area contributed by atoms with Crippen LogP contribution in [0.3, 0.4) is 0 Å². The van der Waals surface area contributed by atoms with Gasteiger partial charge < -0.3 is 5.32 Å². The summed E-state index contributed by atoms with van der Waals surface area (Å²) in [4.78, 5) is 0. The highest BCUT2D eigenvalue weighted by molar-refractivity contribution is 5.25. The monoisotopic (exact) mass is 261 g/mol. The van der Waals surface area contributed by atoms with E-state index in [2.05, 4.69) is 24.4 Å². The van der Waals surface area contributed by atoms with Crippen LogP contribution in [0.25, 0.3) is 0 Å². The van der Waals surface area contributed by atoms with Gasteiger partial charge in [-0.1, -0.05) is 24.3 Å². The molecule has 1 nitrogen and oxygen atoms in total. The van der Waals surface area contributed by atoms with Gasteiger partial charge in [0.05, 0.1) is 0 Å². The molecule has 19 heavy (non-hydrogen) atoms. The quantitative estimate of drug-likeness (QED) is 0.811. The number of rotatable bonds is 5. The van der Waals surface area contributed by atoms with Crippen molar-refractivity contribution in [1.29, 1.82) is 0 Å². The van der Waals surface area contributed by atoms with Crippen LogP contribution in [0, 0.1) is 18.6 Å². The lowest BCUT2D eigenvalue weighted by molar-refractivity contribution is 0.577. The second-order valence-corrected chi connectivity index (χ2v) is 4.63. The summed E-state index contributed by atoms with van der Waals surface area (Å²) in [6.07, 6.45) is 0.612. The number of aryl methyl sites for hydroxylation is 1. The molecular formula is C16H17F2N. The molecule has 0 heterocycles. The molecule has 1 N–H and O–H groups in total. The zero-order chi connectivity index (χ0) is 13.7. The van der Waals surface area contributed by atoms with Crippen LogP contribution in [-0.4, -0.2) is 6.54 Å². The lowest BCUT2D eigenvalue weighted by Gasteiger charge is -2.08. The fourth-order valence-corrected chi connectivity index (χ4v) is 2.02. The lowest BCUT2D eigenvalue weighted by atomic mass is 10.1. The number of hydrogen-bond donors (Lipinski definition) is 1. The molecule has 0 aromatic heterocycles. The highest BCUT2D eigenvalue weighted by Gasteiger charge is 2.01. The van der Waals surface area contributed by atoms with E-state index < -0.39 is 11.6 Å². The molecule has 0 aliphatic heterocycles. The summed E-state index contributed by atoms with van der Waals surface area (Å²) in [5.41, 5.74) is 3.16. The summed E-state index contributed by atoms with van der Waals surface area (Å²) < 4.78 is 26.0. The highest BCUT2D eigenvalue weighted by atomic mass is 19.1. The molecule has 0 saturated carbocycles. The number of hydrogen-bond acceptors (Lipinski definition) is 1. The second kappa shape index (κ2) is 6.43. The first kappa shape index (κ1) is 13.7. The maximum atomic E-state index is 13.0. The van der Waals surface area contributed by atoms with Gasteiger partial charge in [0.25, 0.3) is 0 Å². The molecule has 0 aliphatic rings. The summed E-state index contributed by atoms with van der Waals surface area (Å²) in [6, 6.07) is 11.8. The minimum Gasteiger partial charge on any atom is -0.312 e. The smallest absolute Gasteiger partial charge is 0.126 e. The summed E-state index contributed by atoms with van der Waals surface area (Å²) in [5.74, 6) is -1.04. The average molecular weight is 261 g/mol. The SMILES string of the molecule is Cc1ccccc1CNCCc1cc(F)cc(F)c1. The Bertz CT molecular complexity index is 532. The highest BCUT2D eigenvalue weighted by Crippen LogP contribution is 2.09. The van der Waals surface area contributed by atoms with Crippen LogP contribution in [0.4, 0.5) is 8.78 Å². The van der Waals surface area contributed by atoms with E-state index in [0.29, 0.717) is 18.5 Å². The zero-order valence-corrected chi connectivity index (χ0v) is 10.9. The van der Waals surface area contributed by atoms with Gasteiger partial charge in [-0.05, 0) is 48.7 Å². The van der Waals surface area contributed by atoms with Crippen LogP contribution in [0.2, 0.25) is 0 Å². The Morgan fingerprint density at radius 2 is 1.68 bits per heavy atom. The van der Waals surface area contributed by atoms with Crippen molar-refractivity contribution in [2.75, 3.05) is 6.54 Å². The van der Waals surface area contributed by atoms with E-state index >= 15 is 0 Å². The van der Waals surface area contributed by atoms with Crippen LogP contribution >= 0.6 is 0 Å². The normalized spacial score (nSPS) is 10.7. The van der Waals surface area contributed by atoms with E-state index in [-0.39, 0.29) is 0 Å². The van der Waals surface area contributed by atoms with E-state index in [4.69, 9.17) is 0 Å².